The molecular formula is C19H20F2O5. The van der Waals surface area contributed by atoms with Crippen molar-refractivity contribution in [1.29, 1.82) is 0 Å². The molecule has 2 atom stereocenters. The molecule has 1 heterocycles. The lowest BCUT2D eigenvalue weighted by atomic mass is 9.90. The van der Waals surface area contributed by atoms with E-state index >= 15 is 0 Å². The highest BCUT2D eigenvalue weighted by molar-refractivity contribution is 5.47. The molecule has 26 heavy (non-hydrogen) atoms. The Labute approximate surface area is 150 Å². The summed E-state index contributed by atoms with van der Waals surface area (Å²) >= 11 is 0. The number of alkyl halides is 2. The molecule has 0 spiro atoms. The molecule has 2 unspecified atom stereocenters. The average molecular weight is 366 g/mol. The van der Waals surface area contributed by atoms with Crippen LogP contribution >= 0.6 is 0 Å². The van der Waals surface area contributed by atoms with Crippen LogP contribution in [0.15, 0.2) is 36.4 Å². The molecule has 140 valence electrons. The Kier molecular flexibility index (Phi) is 4.91. The summed E-state index contributed by atoms with van der Waals surface area (Å²) in [7, 11) is 3.13. The van der Waals surface area contributed by atoms with Crippen LogP contribution in [0.25, 0.3) is 0 Å². The first kappa shape index (κ1) is 18.3. The number of methoxy groups -OCH3 is 2. The summed E-state index contributed by atoms with van der Waals surface area (Å²) in [6.45, 7) is 1.86. The van der Waals surface area contributed by atoms with E-state index in [1.54, 1.807) is 20.3 Å². The second kappa shape index (κ2) is 6.99. The monoisotopic (exact) mass is 366 g/mol. The van der Waals surface area contributed by atoms with Crippen molar-refractivity contribution in [3.8, 4) is 23.0 Å². The Balaban J connectivity index is 1.81. The quantitative estimate of drug-likeness (QED) is 0.839. The standard InChI is InChI=1S/C19H20F2O5/c1-11(9-13-14(23-2)5-4-6-15(13)24-3)18(22)12-7-8-16-17(10-12)26-19(20,21)25-16/h4-8,10-11,18,22H,9H2,1-3H3. The van der Waals surface area contributed by atoms with Gasteiger partial charge in [-0.25, -0.2) is 0 Å². The topological polar surface area (TPSA) is 57.2 Å². The lowest BCUT2D eigenvalue weighted by Crippen LogP contribution is -2.25. The fourth-order valence-corrected chi connectivity index (χ4v) is 3.04. The summed E-state index contributed by atoms with van der Waals surface area (Å²) in [6.07, 6.45) is -4.10. The molecule has 0 aliphatic carbocycles. The van der Waals surface area contributed by atoms with E-state index in [4.69, 9.17) is 9.47 Å². The lowest BCUT2D eigenvalue weighted by molar-refractivity contribution is -0.286. The van der Waals surface area contributed by atoms with Crippen molar-refractivity contribution in [2.24, 2.45) is 5.92 Å². The predicted octanol–water partition coefficient (Wildman–Crippen LogP) is 3.94. The summed E-state index contributed by atoms with van der Waals surface area (Å²) < 4.78 is 45.9. The van der Waals surface area contributed by atoms with Crippen molar-refractivity contribution in [2.75, 3.05) is 14.2 Å². The van der Waals surface area contributed by atoms with Crippen LogP contribution in [-0.4, -0.2) is 25.6 Å². The van der Waals surface area contributed by atoms with Crippen molar-refractivity contribution >= 4 is 0 Å². The number of rotatable bonds is 6. The molecule has 3 rings (SSSR count). The smallest absolute Gasteiger partial charge is 0.496 e. The van der Waals surface area contributed by atoms with Crippen LogP contribution < -0.4 is 18.9 Å². The van der Waals surface area contributed by atoms with E-state index in [1.807, 2.05) is 25.1 Å². The Hall–Kier alpha value is -2.54. The summed E-state index contributed by atoms with van der Waals surface area (Å²) in [5.41, 5.74) is 1.29. The molecule has 0 saturated carbocycles. The van der Waals surface area contributed by atoms with Gasteiger partial charge >= 0.3 is 6.29 Å². The van der Waals surface area contributed by atoms with Gasteiger partial charge in [0.05, 0.1) is 20.3 Å². The summed E-state index contributed by atoms with van der Waals surface area (Å²) in [4.78, 5) is 0. The third kappa shape index (κ3) is 3.53. The number of ether oxygens (including phenoxy) is 4. The fourth-order valence-electron chi connectivity index (χ4n) is 3.04. The van der Waals surface area contributed by atoms with E-state index in [1.165, 1.54) is 12.1 Å². The molecule has 0 saturated heterocycles. The lowest BCUT2D eigenvalue weighted by Gasteiger charge is -2.22. The number of fused-ring (bicyclic) bond motifs is 1. The number of aliphatic hydroxyl groups is 1. The SMILES string of the molecule is COc1cccc(OC)c1CC(C)C(O)c1ccc2c(c1)OC(F)(F)O2. The highest BCUT2D eigenvalue weighted by Crippen LogP contribution is 2.43. The molecule has 1 aliphatic rings. The van der Waals surface area contributed by atoms with Gasteiger partial charge in [0.25, 0.3) is 0 Å². The molecule has 0 fully saturated rings. The average Bonchev–Trinajstić information content (AvgIpc) is 2.93. The molecule has 5 nitrogen and oxygen atoms in total. The van der Waals surface area contributed by atoms with E-state index in [0.29, 0.717) is 23.5 Å². The molecule has 7 heteroatoms. The number of hydrogen-bond donors (Lipinski definition) is 1. The second-order valence-electron chi connectivity index (χ2n) is 6.14. The second-order valence-corrected chi connectivity index (χ2v) is 6.14. The van der Waals surface area contributed by atoms with Crippen LogP contribution in [0.3, 0.4) is 0 Å². The highest BCUT2D eigenvalue weighted by Gasteiger charge is 2.43. The van der Waals surface area contributed by atoms with Gasteiger partial charge in [-0.2, -0.15) is 0 Å². The van der Waals surface area contributed by atoms with Gasteiger partial charge in [0.2, 0.25) is 0 Å². The normalized spacial score (nSPS) is 16.8. The van der Waals surface area contributed by atoms with Gasteiger partial charge in [0.1, 0.15) is 11.5 Å². The van der Waals surface area contributed by atoms with Gasteiger partial charge in [0.15, 0.2) is 11.5 Å². The molecule has 1 aliphatic heterocycles. The van der Waals surface area contributed by atoms with Crippen LogP contribution in [0, 0.1) is 5.92 Å². The number of aliphatic hydroxyl groups excluding tert-OH is 1. The molecule has 0 radical (unpaired) electrons. The summed E-state index contributed by atoms with van der Waals surface area (Å²) in [6, 6.07) is 9.74. The molecule has 0 bridgehead atoms. The van der Waals surface area contributed by atoms with E-state index in [0.717, 1.165) is 5.56 Å². The zero-order chi connectivity index (χ0) is 18.9. The van der Waals surface area contributed by atoms with Gasteiger partial charge in [-0.15, -0.1) is 8.78 Å². The largest absolute Gasteiger partial charge is 0.586 e. The third-order valence-electron chi connectivity index (χ3n) is 4.36. The zero-order valence-corrected chi connectivity index (χ0v) is 14.7. The maximum Gasteiger partial charge on any atom is 0.586 e. The Morgan fingerprint density at radius 3 is 2.27 bits per heavy atom. The molecule has 0 aromatic heterocycles. The Bertz CT molecular complexity index is 771. The minimum atomic E-state index is -3.68. The molecule has 2 aromatic carbocycles. The maximum absolute atomic E-state index is 13.1. The molecule has 1 N–H and O–H groups in total. The van der Waals surface area contributed by atoms with Gasteiger partial charge in [-0.1, -0.05) is 19.1 Å². The molecular weight excluding hydrogens is 346 g/mol. The first-order valence-electron chi connectivity index (χ1n) is 8.12. The van der Waals surface area contributed by atoms with Crippen molar-refractivity contribution in [1.82, 2.24) is 0 Å². The molecule has 2 aromatic rings. The van der Waals surface area contributed by atoms with Crippen LogP contribution in [0.4, 0.5) is 8.78 Å². The Morgan fingerprint density at radius 2 is 1.65 bits per heavy atom. The van der Waals surface area contributed by atoms with Gasteiger partial charge in [-0.3, -0.25) is 0 Å². The number of benzene rings is 2. The summed E-state index contributed by atoms with van der Waals surface area (Å²) in [5, 5.41) is 10.7. The van der Waals surface area contributed by atoms with Gasteiger partial charge in [-0.05, 0) is 42.2 Å². The van der Waals surface area contributed by atoms with Crippen molar-refractivity contribution in [3.05, 3.63) is 47.5 Å². The van der Waals surface area contributed by atoms with Crippen LogP contribution in [0.1, 0.15) is 24.2 Å². The fraction of sp³-hybridized carbons (Fsp3) is 0.368. The number of hydrogen-bond acceptors (Lipinski definition) is 5. The van der Waals surface area contributed by atoms with Crippen molar-refractivity contribution < 1.29 is 32.8 Å². The van der Waals surface area contributed by atoms with Crippen LogP contribution in [-0.2, 0) is 6.42 Å². The van der Waals surface area contributed by atoms with Crippen molar-refractivity contribution in [3.63, 3.8) is 0 Å². The number of halogens is 2. The van der Waals surface area contributed by atoms with E-state index < -0.39 is 12.4 Å². The van der Waals surface area contributed by atoms with E-state index in [2.05, 4.69) is 9.47 Å². The van der Waals surface area contributed by atoms with Crippen LogP contribution in [0.5, 0.6) is 23.0 Å². The van der Waals surface area contributed by atoms with Crippen molar-refractivity contribution in [2.45, 2.75) is 25.7 Å². The predicted molar refractivity (Wildman–Crippen MR) is 90.0 cm³/mol. The van der Waals surface area contributed by atoms with Gasteiger partial charge in [0, 0.05) is 5.56 Å². The minimum absolute atomic E-state index is 0.0509. The van der Waals surface area contributed by atoms with Gasteiger partial charge < -0.3 is 24.1 Å². The zero-order valence-electron chi connectivity index (χ0n) is 14.7. The first-order chi connectivity index (χ1) is 12.3. The van der Waals surface area contributed by atoms with E-state index in [-0.39, 0.29) is 17.4 Å². The Morgan fingerprint density at radius 1 is 1.04 bits per heavy atom. The summed E-state index contributed by atoms with van der Waals surface area (Å²) in [5.74, 6) is 0.946. The first-order valence-corrected chi connectivity index (χ1v) is 8.12. The molecule has 0 amide bonds. The third-order valence-corrected chi connectivity index (χ3v) is 4.36. The highest BCUT2D eigenvalue weighted by atomic mass is 19.3. The van der Waals surface area contributed by atoms with E-state index in [9.17, 15) is 13.9 Å². The maximum atomic E-state index is 13.1. The minimum Gasteiger partial charge on any atom is -0.496 e. The van der Waals surface area contributed by atoms with Crippen LogP contribution in [0.2, 0.25) is 0 Å².